The first-order chi connectivity index (χ1) is 9.51. The van der Waals surface area contributed by atoms with E-state index in [-0.39, 0.29) is 5.56 Å². The topological polar surface area (TPSA) is 84.4 Å². The van der Waals surface area contributed by atoms with Crippen molar-refractivity contribution in [1.82, 2.24) is 19.8 Å². The molecule has 0 saturated carbocycles. The molecular weight excluding hydrogens is 260 g/mol. The maximum Gasteiger partial charge on any atom is 0.341 e. The SMILES string of the molecule is CCn1cc(CN(C)Cc2noc(C)c2C(=O)O)cn1. The fourth-order valence-electron chi connectivity index (χ4n) is 2.08. The van der Waals surface area contributed by atoms with Gasteiger partial charge in [-0.25, -0.2) is 4.79 Å². The van der Waals surface area contributed by atoms with Crippen molar-refractivity contribution in [1.29, 1.82) is 0 Å². The molecule has 0 saturated heterocycles. The van der Waals surface area contributed by atoms with E-state index in [1.807, 2.05) is 35.9 Å². The van der Waals surface area contributed by atoms with Gasteiger partial charge in [-0.3, -0.25) is 9.58 Å². The Kier molecular flexibility index (Phi) is 4.19. The zero-order valence-corrected chi connectivity index (χ0v) is 11.8. The highest BCUT2D eigenvalue weighted by Gasteiger charge is 2.20. The second-order valence-electron chi connectivity index (χ2n) is 4.74. The standard InChI is InChI=1S/C13H18N4O3/c1-4-17-7-10(5-14-17)6-16(3)8-11-12(13(18)19)9(2)20-15-11/h5,7H,4,6,8H2,1-3H3,(H,18,19). The number of carboxylic acid groups (broad SMARTS) is 1. The molecule has 2 aromatic heterocycles. The molecule has 0 aromatic carbocycles. The van der Waals surface area contributed by atoms with E-state index in [0.29, 0.717) is 24.5 Å². The summed E-state index contributed by atoms with van der Waals surface area (Å²) in [5.41, 5.74) is 1.67. The van der Waals surface area contributed by atoms with E-state index in [9.17, 15) is 4.79 Å². The highest BCUT2D eigenvalue weighted by molar-refractivity contribution is 5.89. The van der Waals surface area contributed by atoms with Crippen LogP contribution in [0.25, 0.3) is 0 Å². The zero-order valence-electron chi connectivity index (χ0n) is 11.8. The third-order valence-electron chi connectivity index (χ3n) is 3.03. The first-order valence-electron chi connectivity index (χ1n) is 6.39. The van der Waals surface area contributed by atoms with Crippen molar-refractivity contribution < 1.29 is 14.4 Å². The second-order valence-corrected chi connectivity index (χ2v) is 4.74. The molecule has 0 fully saturated rings. The molecule has 20 heavy (non-hydrogen) atoms. The third kappa shape index (κ3) is 3.05. The van der Waals surface area contributed by atoms with Crippen LogP contribution in [0.15, 0.2) is 16.9 Å². The Balaban J connectivity index is 2.04. The quantitative estimate of drug-likeness (QED) is 0.862. The van der Waals surface area contributed by atoms with Crippen LogP contribution >= 0.6 is 0 Å². The molecule has 0 atom stereocenters. The number of rotatable bonds is 6. The van der Waals surface area contributed by atoms with Gasteiger partial charge in [-0.2, -0.15) is 5.10 Å². The summed E-state index contributed by atoms with van der Waals surface area (Å²) in [7, 11) is 1.90. The van der Waals surface area contributed by atoms with Crippen molar-refractivity contribution in [3.05, 3.63) is 35.0 Å². The van der Waals surface area contributed by atoms with Gasteiger partial charge in [0.25, 0.3) is 0 Å². The fraction of sp³-hybridized carbons (Fsp3) is 0.462. The first-order valence-corrected chi connectivity index (χ1v) is 6.39. The van der Waals surface area contributed by atoms with Crippen molar-refractivity contribution in [2.75, 3.05) is 7.05 Å². The average Bonchev–Trinajstić information content (AvgIpc) is 2.96. The lowest BCUT2D eigenvalue weighted by molar-refractivity contribution is 0.0693. The van der Waals surface area contributed by atoms with E-state index >= 15 is 0 Å². The molecule has 108 valence electrons. The molecule has 0 bridgehead atoms. The number of hydrogen-bond donors (Lipinski definition) is 1. The Hall–Kier alpha value is -2.15. The number of aromatic nitrogens is 3. The van der Waals surface area contributed by atoms with E-state index in [1.54, 1.807) is 6.92 Å². The van der Waals surface area contributed by atoms with Crippen LogP contribution in [-0.4, -0.2) is 38.0 Å². The number of aromatic carboxylic acids is 1. The summed E-state index contributed by atoms with van der Waals surface area (Å²) < 4.78 is 6.81. The van der Waals surface area contributed by atoms with E-state index in [4.69, 9.17) is 9.63 Å². The number of carboxylic acids is 1. The molecule has 2 heterocycles. The van der Waals surface area contributed by atoms with Gasteiger partial charge in [0, 0.05) is 31.4 Å². The minimum atomic E-state index is -1.01. The maximum absolute atomic E-state index is 11.2. The van der Waals surface area contributed by atoms with Gasteiger partial charge in [-0.15, -0.1) is 0 Å². The highest BCUT2D eigenvalue weighted by atomic mass is 16.5. The molecule has 7 nitrogen and oxygen atoms in total. The van der Waals surface area contributed by atoms with Crippen molar-refractivity contribution in [3.63, 3.8) is 0 Å². The maximum atomic E-state index is 11.2. The molecule has 7 heteroatoms. The predicted molar refractivity (Wildman–Crippen MR) is 71.3 cm³/mol. The molecule has 1 N–H and O–H groups in total. The van der Waals surface area contributed by atoms with Gasteiger partial charge in [0.2, 0.25) is 0 Å². The van der Waals surface area contributed by atoms with Crippen LogP contribution in [-0.2, 0) is 19.6 Å². The first kappa shape index (κ1) is 14.3. The smallest absolute Gasteiger partial charge is 0.341 e. The van der Waals surface area contributed by atoms with Crippen LogP contribution in [0.1, 0.15) is 34.3 Å². The summed E-state index contributed by atoms with van der Waals surface area (Å²) >= 11 is 0. The summed E-state index contributed by atoms with van der Waals surface area (Å²) in [6.45, 7) is 5.54. The molecule has 2 rings (SSSR count). The molecular formula is C13H18N4O3. The molecule has 0 spiro atoms. The Morgan fingerprint density at radius 3 is 2.85 bits per heavy atom. The molecule has 0 aliphatic rings. The molecule has 0 unspecified atom stereocenters. The van der Waals surface area contributed by atoms with Gasteiger partial charge < -0.3 is 9.63 Å². The lowest BCUT2D eigenvalue weighted by Crippen LogP contribution is -2.19. The van der Waals surface area contributed by atoms with E-state index in [0.717, 1.165) is 12.1 Å². The van der Waals surface area contributed by atoms with Crippen molar-refractivity contribution in [2.45, 2.75) is 33.5 Å². The van der Waals surface area contributed by atoms with Gasteiger partial charge in [-0.1, -0.05) is 5.16 Å². The molecule has 0 amide bonds. The van der Waals surface area contributed by atoms with Crippen LogP contribution in [0.5, 0.6) is 0 Å². The van der Waals surface area contributed by atoms with Gasteiger partial charge in [0.05, 0.1) is 6.20 Å². The normalized spacial score (nSPS) is 11.2. The van der Waals surface area contributed by atoms with E-state index < -0.39 is 5.97 Å². The Morgan fingerprint density at radius 1 is 1.50 bits per heavy atom. The zero-order chi connectivity index (χ0) is 14.7. The number of carbonyl (C=O) groups is 1. The highest BCUT2D eigenvalue weighted by Crippen LogP contribution is 2.15. The molecule has 0 aliphatic carbocycles. The summed E-state index contributed by atoms with van der Waals surface area (Å²) in [4.78, 5) is 13.1. The number of hydrogen-bond acceptors (Lipinski definition) is 5. The minimum Gasteiger partial charge on any atom is -0.477 e. The van der Waals surface area contributed by atoms with Crippen LogP contribution in [0.2, 0.25) is 0 Å². The summed E-state index contributed by atoms with van der Waals surface area (Å²) in [6.07, 6.45) is 3.79. The number of nitrogens with zero attached hydrogens (tertiary/aromatic N) is 4. The number of aryl methyl sites for hydroxylation is 2. The van der Waals surface area contributed by atoms with Crippen LogP contribution in [0, 0.1) is 6.92 Å². The average molecular weight is 278 g/mol. The van der Waals surface area contributed by atoms with E-state index in [2.05, 4.69) is 10.3 Å². The van der Waals surface area contributed by atoms with Crippen LogP contribution in [0.3, 0.4) is 0 Å². The summed E-state index contributed by atoms with van der Waals surface area (Å²) in [5, 5.41) is 17.2. The van der Waals surface area contributed by atoms with Crippen LogP contribution < -0.4 is 0 Å². The van der Waals surface area contributed by atoms with E-state index in [1.165, 1.54) is 0 Å². The molecule has 0 aliphatic heterocycles. The Labute approximate surface area is 116 Å². The third-order valence-corrected chi connectivity index (χ3v) is 3.03. The lowest BCUT2D eigenvalue weighted by atomic mass is 10.2. The fourth-order valence-corrected chi connectivity index (χ4v) is 2.08. The van der Waals surface area contributed by atoms with Crippen LogP contribution in [0.4, 0.5) is 0 Å². The van der Waals surface area contributed by atoms with Gasteiger partial charge in [0.15, 0.2) is 0 Å². The molecule has 2 aromatic rings. The van der Waals surface area contributed by atoms with Gasteiger partial charge in [-0.05, 0) is 20.9 Å². The van der Waals surface area contributed by atoms with Crippen molar-refractivity contribution in [2.24, 2.45) is 0 Å². The molecule has 0 radical (unpaired) electrons. The Morgan fingerprint density at radius 2 is 2.25 bits per heavy atom. The predicted octanol–water partition coefficient (Wildman–Crippen LogP) is 1.53. The largest absolute Gasteiger partial charge is 0.477 e. The van der Waals surface area contributed by atoms with Gasteiger partial charge >= 0.3 is 5.97 Å². The second kappa shape index (κ2) is 5.87. The summed E-state index contributed by atoms with van der Waals surface area (Å²) in [6, 6.07) is 0. The summed E-state index contributed by atoms with van der Waals surface area (Å²) in [5.74, 6) is -0.675. The van der Waals surface area contributed by atoms with Gasteiger partial charge in [0.1, 0.15) is 17.0 Å². The lowest BCUT2D eigenvalue weighted by Gasteiger charge is -2.13. The Bertz CT molecular complexity index is 603. The van der Waals surface area contributed by atoms with Crippen molar-refractivity contribution >= 4 is 5.97 Å². The monoisotopic (exact) mass is 278 g/mol. The van der Waals surface area contributed by atoms with Crippen molar-refractivity contribution in [3.8, 4) is 0 Å². The minimum absolute atomic E-state index is 0.154.